The van der Waals surface area contributed by atoms with Crippen LogP contribution < -0.4 is 20.5 Å². The van der Waals surface area contributed by atoms with Crippen molar-refractivity contribution in [2.45, 2.75) is 12.6 Å². The van der Waals surface area contributed by atoms with Crippen LogP contribution in [0.5, 0.6) is 0 Å². The SMILES string of the molecule is CC(=O)NC1(Nc2ccc(N(C)C)cc2)C(=O)N(c2ccccc2)N=C1c1cccc2ccccc12. The Morgan fingerprint density at radius 2 is 1.53 bits per heavy atom. The standard InChI is InChI=1S/C29H27N5O2/c1-20(35)30-29(31-22-16-18-23(19-17-22)33(2)3)27(26-15-9-11-21-10-7-8-14-25(21)26)32-34(28(29)36)24-12-5-4-6-13-24/h4-19,31H,1-3H3,(H,30,35). The summed E-state index contributed by atoms with van der Waals surface area (Å²) in [5.41, 5.74) is 1.85. The van der Waals surface area contributed by atoms with E-state index in [2.05, 4.69) is 10.6 Å². The van der Waals surface area contributed by atoms with Crippen LogP contribution in [0, 0.1) is 0 Å². The Morgan fingerprint density at radius 3 is 2.22 bits per heavy atom. The molecule has 0 aliphatic carbocycles. The largest absolute Gasteiger partial charge is 0.378 e. The summed E-state index contributed by atoms with van der Waals surface area (Å²) in [4.78, 5) is 28.8. The number of hydrogen-bond acceptors (Lipinski definition) is 5. The first-order valence-electron chi connectivity index (χ1n) is 11.7. The van der Waals surface area contributed by atoms with E-state index < -0.39 is 11.6 Å². The topological polar surface area (TPSA) is 77.0 Å². The first-order valence-corrected chi connectivity index (χ1v) is 11.7. The molecule has 4 aromatic rings. The third kappa shape index (κ3) is 4.05. The molecule has 0 fully saturated rings. The molecular formula is C29H27N5O2. The van der Waals surface area contributed by atoms with Gasteiger partial charge in [-0.15, -0.1) is 0 Å². The van der Waals surface area contributed by atoms with Crippen molar-refractivity contribution in [2.24, 2.45) is 5.10 Å². The van der Waals surface area contributed by atoms with Crippen molar-refractivity contribution in [1.82, 2.24) is 5.32 Å². The Morgan fingerprint density at radius 1 is 0.861 bits per heavy atom. The Balaban J connectivity index is 1.72. The second kappa shape index (κ2) is 9.19. The van der Waals surface area contributed by atoms with Gasteiger partial charge in [0.1, 0.15) is 5.71 Å². The molecule has 5 rings (SSSR count). The van der Waals surface area contributed by atoms with Crippen molar-refractivity contribution >= 4 is 45.4 Å². The molecule has 7 nitrogen and oxygen atoms in total. The molecule has 2 amide bonds. The molecule has 0 saturated carbocycles. The van der Waals surface area contributed by atoms with Gasteiger partial charge in [-0.05, 0) is 47.2 Å². The molecule has 0 radical (unpaired) electrons. The third-order valence-corrected chi connectivity index (χ3v) is 6.19. The van der Waals surface area contributed by atoms with Crippen LogP contribution >= 0.6 is 0 Å². The average Bonchev–Trinajstić information content (AvgIpc) is 3.15. The van der Waals surface area contributed by atoms with Crippen LogP contribution in [-0.2, 0) is 9.59 Å². The normalized spacial score (nSPS) is 17.1. The van der Waals surface area contributed by atoms with E-state index >= 15 is 0 Å². The first-order chi connectivity index (χ1) is 17.4. The molecule has 2 N–H and O–H groups in total. The smallest absolute Gasteiger partial charge is 0.300 e. The zero-order valence-corrected chi connectivity index (χ0v) is 20.4. The fourth-order valence-corrected chi connectivity index (χ4v) is 4.49. The highest BCUT2D eigenvalue weighted by Gasteiger charge is 2.53. The van der Waals surface area contributed by atoms with Gasteiger partial charge in [0.15, 0.2) is 0 Å². The molecule has 0 saturated heterocycles. The molecule has 0 bridgehead atoms. The zero-order chi connectivity index (χ0) is 25.3. The van der Waals surface area contributed by atoms with Gasteiger partial charge in [-0.2, -0.15) is 10.1 Å². The quantitative estimate of drug-likeness (QED) is 0.398. The molecule has 1 heterocycles. The van der Waals surface area contributed by atoms with E-state index in [1.807, 2.05) is 116 Å². The lowest BCUT2D eigenvalue weighted by Gasteiger charge is -2.32. The number of carbonyl (C=O) groups is 2. The van der Waals surface area contributed by atoms with E-state index in [1.165, 1.54) is 11.9 Å². The lowest BCUT2D eigenvalue weighted by atomic mass is 9.92. The fourth-order valence-electron chi connectivity index (χ4n) is 4.49. The number of rotatable bonds is 6. The fraction of sp³-hybridized carbons (Fsp3) is 0.138. The van der Waals surface area contributed by atoms with Gasteiger partial charge in [-0.1, -0.05) is 60.7 Å². The highest BCUT2D eigenvalue weighted by Crippen LogP contribution is 2.34. The second-order valence-corrected chi connectivity index (χ2v) is 8.93. The van der Waals surface area contributed by atoms with Gasteiger partial charge in [-0.25, -0.2) is 0 Å². The number of fused-ring (bicyclic) bond motifs is 1. The summed E-state index contributed by atoms with van der Waals surface area (Å²) in [6.07, 6.45) is 0. The Bertz CT molecular complexity index is 1460. The van der Waals surface area contributed by atoms with Crippen molar-refractivity contribution in [1.29, 1.82) is 0 Å². The number of benzene rings is 4. The third-order valence-electron chi connectivity index (χ3n) is 6.19. The van der Waals surface area contributed by atoms with Crippen molar-refractivity contribution in [3.63, 3.8) is 0 Å². The number of hydrazone groups is 1. The van der Waals surface area contributed by atoms with Crippen molar-refractivity contribution in [2.75, 3.05) is 29.3 Å². The summed E-state index contributed by atoms with van der Waals surface area (Å²) in [5, 5.41) is 14.4. The van der Waals surface area contributed by atoms with E-state index in [9.17, 15) is 9.59 Å². The Hall–Kier alpha value is -4.65. The van der Waals surface area contributed by atoms with Gasteiger partial charge in [0.2, 0.25) is 11.6 Å². The number of nitrogens with zero attached hydrogens (tertiary/aromatic N) is 3. The summed E-state index contributed by atoms with van der Waals surface area (Å²) in [6.45, 7) is 1.40. The van der Waals surface area contributed by atoms with E-state index in [4.69, 9.17) is 5.10 Å². The van der Waals surface area contributed by atoms with E-state index in [-0.39, 0.29) is 5.91 Å². The maximum atomic E-state index is 14.2. The summed E-state index contributed by atoms with van der Waals surface area (Å²) in [6, 6.07) is 30.7. The molecule has 1 aliphatic rings. The minimum Gasteiger partial charge on any atom is -0.378 e. The highest BCUT2D eigenvalue weighted by molar-refractivity contribution is 6.33. The van der Waals surface area contributed by atoms with Crippen molar-refractivity contribution in [3.8, 4) is 0 Å². The van der Waals surface area contributed by atoms with Gasteiger partial charge in [0.25, 0.3) is 0 Å². The van der Waals surface area contributed by atoms with Crippen LogP contribution in [0.3, 0.4) is 0 Å². The number of amides is 2. The van der Waals surface area contributed by atoms with Gasteiger partial charge in [0.05, 0.1) is 5.69 Å². The summed E-state index contributed by atoms with van der Waals surface area (Å²) < 4.78 is 0. The van der Waals surface area contributed by atoms with Crippen LogP contribution in [0.15, 0.2) is 102 Å². The van der Waals surface area contributed by atoms with Gasteiger partial charge in [-0.3, -0.25) is 9.59 Å². The zero-order valence-electron chi connectivity index (χ0n) is 20.4. The molecule has 36 heavy (non-hydrogen) atoms. The van der Waals surface area contributed by atoms with E-state index in [0.717, 1.165) is 22.0 Å². The monoisotopic (exact) mass is 477 g/mol. The van der Waals surface area contributed by atoms with Gasteiger partial charge < -0.3 is 15.5 Å². The predicted octanol–water partition coefficient (Wildman–Crippen LogP) is 4.60. The maximum Gasteiger partial charge on any atom is 0.300 e. The molecule has 1 unspecified atom stereocenters. The van der Waals surface area contributed by atoms with Gasteiger partial charge in [0, 0.05) is 38.0 Å². The van der Waals surface area contributed by atoms with Crippen LogP contribution in [0.4, 0.5) is 17.1 Å². The summed E-state index contributed by atoms with van der Waals surface area (Å²) in [7, 11) is 3.93. The lowest BCUT2D eigenvalue weighted by Crippen LogP contribution is -2.64. The second-order valence-electron chi connectivity index (χ2n) is 8.93. The Labute approximate surface area is 210 Å². The first kappa shape index (κ1) is 23.1. The van der Waals surface area contributed by atoms with Gasteiger partial charge >= 0.3 is 5.91 Å². The molecule has 1 atom stereocenters. The number of hydrogen-bond donors (Lipinski definition) is 2. The Kier molecular flexibility index (Phi) is 5.90. The maximum absolute atomic E-state index is 14.2. The molecule has 1 aliphatic heterocycles. The van der Waals surface area contributed by atoms with Crippen LogP contribution in [0.1, 0.15) is 12.5 Å². The molecule has 180 valence electrons. The van der Waals surface area contributed by atoms with Crippen LogP contribution in [0.25, 0.3) is 10.8 Å². The molecule has 7 heteroatoms. The molecule has 0 aromatic heterocycles. The van der Waals surface area contributed by atoms with Crippen LogP contribution in [-0.4, -0.2) is 37.3 Å². The summed E-state index contributed by atoms with van der Waals surface area (Å²) in [5.74, 6) is -0.757. The predicted molar refractivity (Wildman–Crippen MR) is 145 cm³/mol. The minimum absolute atomic E-state index is 0.358. The number of nitrogens with one attached hydrogen (secondary N) is 2. The highest BCUT2D eigenvalue weighted by atomic mass is 16.2. The van der Waals surface area contributed by atoms with E-state index in [0.29, 0.717) is 17.1 Å². The van der Waals surface area contributed by atoms with E-state index in [1.54, 1.807) is 0 Å². The molecular weight excluding hydrogens is 450 g/mol. The number of carbonyl (C=O) groups excluding carboxylic acids is 2. The van der Waals surface area contributed by atoms with Crippen molar-refractivity contribution < 1.29 is 9.59 Å². The summed E-state index contributed by atoms with van der Waals surface area (Å²) >= 11 is 0. The van der Waals surface area contributed by atoms with Crippen molar-refractivity contribution in [3.05, 3.63) is 103 Å². The molecule has 4 aromatic carbocycles. The number of para-hydroxylation sites is 1. The lowest BCUT2D eigenvalue weighted by molar-refractivity contribution is -0.127. The minimum atomic E-state index is -1.62. The van der Waals surface area contributed by atoms with Crippen LogP contribution in [0.2, 0.25) is 0 Å². The molecule has 0 spiro atoms. The number of anilines is 3. The average molecular weight is 478 g/mol.